The lowest BCUT2D eigenvalue weighted by Gasteiger charge is -2.17. The van der Waals surface area contributed by atoms with Crippen LogP contribution in [0.25, 0.3) is 11.4 Å². The third kappa shape index (κ3) is 3.09. The second kappa shape index (κ2) is 4.61. The minimum Gasteiger partial charge on any atom is -0.265 e. The van der Waals surface area contributed by atoms with E-state index >= 15 is 0 Å². The molecule has 0 spiro atoms. The molecule has 0 bridgehead atoms. The molecule has 2 aromatic rings. The summed E-state index contributed by atoms with van der Waals surface area (Å²) in [6, 6.07) is 3.83. The normalized spacial score (nSPS) is 11.7. The molecule has 0 atom stereocenters. The molecule has 0 fully saturated rings. The number of nitrogens with zero attached hydrogens (tertiary/aromatic N) is 5. The van der Waals surface area contributed by atoms with Crippen LogP contribution in [0.2, 0.25) is 0 Å². The number of rotatable bonds is 3. The molecule has 2 heterocycles. The lowest BCUT2D eigenvalue weighted by atomic mass is 9.92. The van der Waals surface area contributed by atoms with Gasteiger partial charge in [0.1, 0.15) is 0 Å². The fraction of sp³-hybridized carbons (Fsp3) is 0.500. The van der Waals surface area contributed by atoms with Gasteiger partial charge in [-0.1, -0.05) is 20.8 Å². The van der Waals surface area contributed by atoms with Crippen LogP contribution in [-0.4, -0.2) is 25.2 Å². The monoisotopic (exact) mass is 231 g/mol. The van der Waals surface area contributed by atoms with Crippen molar-refractivity contribution in [2.75, 3.05) is 0 Å². The molecule has 90 valence electrons. The highest BCUT2D eigenvalue weighted by molar-refractivity contribution is 5.52. The average Bonchev–Trinajstić information content (AvgIpc) is 2.75. The maximum absolute atomic E-state index is 4.06. The van der Waals surface area contributed by atoms with E-state index in [1.165, 1.54) is 0 Å². The Hall–Kier alpha value is -1.78. The first kappa shape index (κ1) is 11.7. The standard InChI is InChI=1S/C12H17N5/c1-12(2,3)6-9-17-11(14-15-16-17)10-4-7-13-8-5-10/h4-5,7-8H,6,9H2,1-3H3. The number of tetrazole rings is 1. The van der Waals surface area contributed by atoms with Gasteiger partial charge in [-0.2, -0.15) is 0 Å². The molecule has 0 unspecified atom stereocenters. The highest BCUT2D eigenvalue weighted by Gasteiger charge is 2.13. The van der Waals surface area contributed by atoms with Gasteiger partial charge in [0.15, 0.2) is 5.82 Å². The van der Waals surface area contributed by atoms with Crippen LogP contribution >= 0.6 is 0 Å². The maximum atomic E-state index is 4.06. The first-order valence-corrected chi connectivity index (χ1v) is 5.73. The van der Waals surface area contributed by atoms with Gasteiger partial charge in [-0.15, -0.1) is 5.10 Å². The van der Waals surface area contributed by atoms with Crippen LogP contribution in [0.1, 0.15) is 27.2 Å². The third-order valence-corrected chi connectivity index (χ3v) is 2.54. The van der Waals surface area contributed by atoms with Gasteiger partial charge in [-0.3, -0.25) is 4.98 Å². The van der Waals surface area contributed by atoms with Crippen molar-refractivity contribution in [3.05, 3.63) is 24.5 Å². The molecule has 0 radical (unpaired) electrons. The first-order valence-electron chi connectivity index (χ1n) is 5.73. The quantitative estimate of drug-likeness (QED) is 0.812. The van der Waals surface area contributed by atoms with Crippen LogP contribution in [0.4, 0.5) is 0 Å². The molecule has 0 N–H and O–H groups in total. The van der Waals surface area contributed by atoms with E-state index in [9.17, 15) is 0 Å². The first-order chi connectivity index (χ1) is 8.06. The van der Waals surface area contributed by atoms with Crippen LogP contribution in [0.15, 0.2) is 24.5 Å². The van der Waals surface area contributed by atoms with Crippen molar-refractivity contribution in [3.8, 4) is 11.4 Å². The fourth-order valence-corrected chi connectivity index (χ4v) is 1.50. The van der Waals surface area contributed by atoms with Crippen molar-refractivity contribution < 1.29 is 0 Å². The smallest absolute Gasteiger partial charge is 0.182 e. The molecule has 5 nitrogen and oxygen atoms in total. The Bertz CT molecular complexity index is 469. The van der Waals surface area contributed by atoms with Crippen LogP contribution < -0.4 is 0 Å². The van der Waals surface area contributed by atoms with Crippen molar-refractivity contribution in [1.29, 1.82) is 0 Å². The SMILES string of the molecule is CC(C)(C)CCn1nnnc1-c1ccncc1. The van der Waals surface area contributed by atoms with E-state index in [4.69, 9.17) is 0 Å². The van der Waals surface area contributed by atoms with Gasteiger partial charge < -0.3 is 0 Å². The van der Waals surface area contributed by atoms with Gasteiger partial charge in [0.05, 0.1) is 0 Å². The molecule has 0 aromatic carbocycles. The molecule has 0 aliphatic heterocycles. The highest BCUT2D eigenvalue weighted by Crippen LogP contribution is 2.21. The molecule has 2 rings (SSSR count). The number of hydrogen-bond donors (Lipinski definition) is 0. The predicted molar refractivity (Wildman–Crippen MR) is 65.1 cm³/mol. The minimum absolute atomic E-state index is 0.279. The number of pyridine rings is 1. The van der Waals surface area contributed by atoms with E-state index in [0.717, 1.165) is 24.4 Å². The molecular formula is C12H17N5. The van der Waals surface area contributed by atoms with Crippen LogP contribution in [0.5, 0.6) is 0 Å². The summed E-state index contributed by atoms with van der Waals surface area (Å²) in [6.07, 6.45) is 4.53. The molecule has 0 aliphatic carbocycles. The van der Waals surface area contributed by atoms with Gasteiger partial charge in [-0.25, -0.2) is 4.68 Å². The Morgan fingerprint density at radius 3 is 2.53 bits per heavy atom. The molecule has 5 heteroatoms. The second-order valence-corrected chi connectivity index (χ2v) is 5.27. The van der Waals surface area contributed by atoms with Gasteiger partial charge in [0, 0.05) is 24.5 Å². The molecule has 17 heavy (non-hydrogen) atoms. The van der Waals surface area contributed by atoms with Gasteiger partial charge >= 0.3 is 0 Å². The van der Waals surface area contributed by atoms with Crippen molar-refractivity contribution in [2.24, 2.45) is 5.41 Å². The molecule has 0 amide bonds. The Balaban J connectivity index is 2.18. The van der Waals surface area contributed by atoms with Crippen LogP contribution in [0, 0.1) is 5.41 Å². The topological polar surface area (TPSA) is 56.5 Å². The van der Waals surface area contributed by atoms with Crippen molar-refractivity contribution in [1.82, 2.24) is 25.2 Å². The Labute approximate surface area is 101 Å². The number of hydrogen-bond acceptors (Lipinski definition) is 4. The third-order valence-electron chi connectivity index (χ3n) is 2.54. The minimum atomic E-state index is 0.279. The van der Waals surface area contributed by atoms with Crippen LogP contribution in [0.3, 0.4) is 0 Å². The Morgan fingerprint density at radius 2 is 1.88 bits per heavy atom. The van der Waals surface area contributed by atoms with E-state index < -0.39 is 0 Å². The Morgan fingerprint density at radius 1 is 1.18 bits per heavy atom. The van der Waals surface area contributed by atoms with E-state index in [1.807, 2.05) is 16.8 Å². The molecule has 0 saturated carbocycles. The van der Waals surface area contributed by atoms with Crippen molar-refractivity contribution >= 4 is 0 Å². The van der Waals surface area contributed by atoms with E-state index in [1.54, 1.807) is 12.4 Å². The highest BCUT2D eigenvalue weighted by atomic mass is 15.5. The number of aryl methyl sites for hydroxylation is 1. The lowest BCUT2D eigenvalue weighted by Crippen LogP contribution is -2.12. The second-order valence-electron chi connectivity index (χ2n) is 5.27. The zero-order chi connectivity index (χ0) is 12.3. The van der Waals surface area contributed by atoms with E-state index in [0.29, 0.717) is 0 Å². The summed E-state index contributed by atoms with van der Waals surface area (Å²) in [5.41, 5.74) is 1.28. The van der Waals surface area contributed by atoms with Gasteiger partial charge in [0.25, 0.3) is 0 Å². The zero-order valence-corrected chi connectivity index (χ0v) is 10.5. The van der Waals surface area contributed by atoms with Crippen molar-refractivity contribution in [3.63, 3.8) is 0 Å². The van der Waals surface area contributed by atoms with Crippen molar-refractivity contribution in [2.45, 2.75) is 33.7 Å². The summed E-state index contributed by atoms with van der Waals surface area (Å²) in [4.78, 5) is 3.99. The van der Waals surface area contributed by atoms with Gasteiger partial charge in [0.2, 0.25) is 0 Å². The predicted octanol–water partition coefficient (Wildman–Crippen LogP) is 2.17. The zero-order valence-electron chi connectivity index (χ0n) is 10.5. The summed E-state index contributed by atoms with van der Waals surface area (Å²) >= 11 is 0. The molecular weight excluding hydrogens is 214 g/mol. The van der Waals surface area contributed by atoms with Gasteiger partial charge in [-0.05, 0) is 34.4 Å². The lowest BCUT2D eigenvalue weighted by molar-refractivity contribution is 0.340. The summed E-state index contributed by atoms with van der Waals surface area (Å²) in [6.45, 7) is 7.46. The summed E-state index contributed by atoms with van der Waals surface area (Å²) in [7, 11) is 0. The Kier molecular flexibility index (Phi) is 3.17. The summed E-state index contributed by atoms with van der Waals surface area (Å²) < 4.78 is 1.85. The molecule has 0 saturated heterocycles. The van der Waals surface area contributed by atoms with E-state index in [-0.39, 0.29) is 5.41 Å². The van der Waals surface area contributed by atoms with Crippen LogP contribution in [-0.2, 0) is 6.54 Å². The maximum Gasteiger partial charge on any atom is 0.182 e. The molecule has 0 aliphatic rings. The average molecular weight is 231 g/mol. The summed E-state index contributed by atoms with van der Waals surface area (Å²) in [5.74, 6) is 0.802. The van der Waals surface area contributed by atoms with E-state index in [2.05, 4.69) is 41.3 Å². The largest absolute Gasteiger partial charge is 0.265 e. The fourth-order valence-electron chi connectivity index (χ4n) is 1.50. The summed E-state index contributed by atoms with van der Waals surface area (Å²) in [5, 5.41) is 11.8. The molecule has 2 aromatic heterocycles. The number of aromatic nitrogens is 5.